The maximum Gasteiger partial charge on any atom is 0.341 e. The highest BCUT2D eigenvalue weighted by Gasteiger charge is 2.23. The van der Waals surface area contributed by atoms with Gasteiger partial charge in [-0.3, -0.25) is 0 Å². The maximum atomic E-state index is 14.5. The first kappa shape index (κ1) is 22.9. The molecule has 0 spiro atoms. The Bertz CT molecular complexity index is 576. The quantitative estimate of drug-likeness (QED) is 0.269. The topological polar surface area (TPSA) is 26.3 Å². The first-order chi connectivity index (χ1) is 13.7. The van der Waals surface area contributed by atoms with Crippen molar-refractivity contribution in [3.05, 3.63) is 35.1 Å². The summed E-state index contributed by atoms with van der Waals surface area (Å²) >= 11 is 0. The Morgan fingerprint density at radius 1 is 0.964 bits per heavy atom. The van der Waals surface area contributed by atoms with Gasteiger partial charge in [-0.25, -0.2) is 9.18 Å². The highest BCUT2D eigenvalue weighted by atomic mass is 19.1. The summed E-state index contributed by atoms with van der Waals surface area (Å²) in [5.41, 5.74) is 1.12. The van der Waals surface area contributed by atoms with Crippen LogP contribution < -0.4 is 0 Å². The molecule has 2 rings (SSSR count). The fourth-order valence-corrected chi connectivity index (χ4v) is 4.37. The first-order valence-electron chi connectivity index (χ1n) is 11.6. The molecule has 1 aromatic carbocycles. The lowest BCUT2D eigenvalue weighted by molar-refractivity contribution is 0.0492. The number of carbonyl (C=O) groups excluding carboxylic acids is 1. The highest BCUT2D eigenvalue weighted by molar-refractivity contribution is 5.89. The largest absolute Gasteiger partial charge is 0.462 e. The molecule has 28 heavy (non-hydrogen) atoms. The zero-order valence-electron chi connectivity index (χ0n) is 18.0. The maximum absolute atomic E-state index is 14.5. The molecule has 1 saturated carbocycles. The summed E-state index contributed by atoms with van der Waals surface area (Å²) < 4.78 is 19.8. The van der Waals surface area contributed by atoms with Crippen LogP contribution in [0.4, 0.5) is 4.39 Å². The van der Waals surface area contributed by atoms with Crippen molar-refractivity contribution in [1.29, 1.82) is 0 Å². The Kier molecular flexibility index (Phi) is 10.6. The molecule has 0 aliphatic heterocycles. The van der Waals surface area contributed by atoms with Crippen LogP contribution in [0.3, 0.4) is 0 Å². The van der Waals surface area contributed by atoms with Crippen LogP contribution in [0.25, 0.3) is 0 Å². The number of halogens is 1. The number of hydrogen-bond donors (Lipinski definition) is 0. The fourth-order valence-electron chi connectivity index (χ4n) is 4.37. The number of rotatable bonds is 12. The van der Waals surface area contributed by atoms with Gasteiger partial charge in [-0.15, -0.1) is 0 Å². The second kappa shape index (κ2) is 13.0. The van der Waals surface area contributed by atoms with Gasteiger partial charge in [0.25, 0.3) is 0 Å². The second-order valence-electron chi connectivity index (χ2n) is 8.50. The van der Waals surface area contributed by atoms with E-state index in [1.807, 2.05) is 6.07 Å². The Labute approximate surface area is 171 Å². The molecule has 1 aliphatic carbocycles. The number of unbranched alkanes of at least 4 members (excludes halogenated alkanes) is 6. The molecular weight excluding hydrogens is 351 g/mol. The van der Waals surface area contributed by atoms with Crippen molar-refractivity contribution < 1.29 is 13.9 Å². The number of benzene rings is 1. The van der Waals surface area contributed by atoms with Crippen molar-refractivity contribution in [2.45, 2.75) is 103 Å². The summed E-state index contributed by atoms with van der Waals surface area (Å²) in [7, 11) is 0. The summed E-state index contributed by atoms with van der Waals surface area (Å²) in [6.07, 6.45) is 15.6. The SMILES string of the molecule is CCCCCCCOC(=O)c1ccc(C2CCC(CCCCC)CC2)cc1F. The van der Waals surface area contributed by atoms with Crippen LogP contribution in [0, 0.1) is 11.7 Å². The van der Waals surface area contributed by atoms with E-state index < -0.39 is 11.8 Å². The van der Waals surface area contributed by atoms with Crippen LogP contribution in [0.1, 0.15) is 119 Å². The minimum Gasteiger partial charge on any atom is -0.462 e. The predicted molar refractivity (Wildman–Crippen MR) is 114 cm³/mol. The van der Waals surface area contributed by atoms with Gasteiger partial charge in [0.05, 0.1) is 12.2 Å². The monoisotopic (exact) mass is 390 g/mol. The van der Waals surface area contributed by atoms with Gasteiger partial charge in [-0.05, 0) is 61.6 Å². The molecule has 1 aromatic rings. The van der Waals surface area contributed by atoms with E-state index in [2.05, 4.69) is 13.8 Å². The van der Waals surface area contributed by atoms with E-state index in [9.17, 15) is 9.18 Å². The van der Waals surface area contributed by atoms with Crippen LogP contribution in [0.2, 0.25) is 0 Å². The Morgan fingerprint density at radius 2 is 1.64 bits per heavy atom. The van der Waals surface area contributed by atoms with Gasteiger partial charge in [0, 0.05) is 0 Å². The van der Waals surface area contributed by atoms with Crippen molar-refractivity contribution in [2.75, 3.05) is 6.61 Å². The molecule has 0 heterocycles. The molecule has 3 heteroatoms. The van der Waals surface area contributed by atoms with Gasteiger partial charge in [0.15, 0.2) is 0 Å². The lowest BCUT2D eigenvalue weighted by atomic mass is 9.77. The molecule has 1 aliphatic rings. The zero-order chi connectivity index (χ0) is 20.2. The third-order valence-electron chi connectivity index (χ3n) is 6.23. The normalized spacial score (nSPS) is 19.5. The lowest BCUT2D eigenvalue weighted by Gasteiger charge is -2.29. The van der Waals surface area contributed by atoms with Crippen molar-refractivity contribution in [1.82, 2.24) is 0 Å². The smallest absolute Gasteiger partial charge is 0.341 e. The van der Waals surface area contributed by atoms with Gasteiger partial charge in [-0.1, -0.05) is 71.3 Å². The highest BCUT2D eigenvalue weighted by Crippen LogP contribution is 2.38. The summed E-state index contributed by atoms with van der Waals surface area (Å²) in [6.45, 7) is 4.80. The van der Waals surface area contributed by atoms with Crippen molar-refractivity contribution in [2.24, 2.45) is 5.92 Å². The minimum atomic E-state index is -0.529. The lowest BCUT2D eigenvalue weighted by Crippen LogP contribution is -2.14. The third kappa shape index (κ3) is 7.56. The van der Waals surface area contributed by atoms with Gasteiger partial charge >= 0.3 is 5.97 Å². The molecule has 0 saturated heterocycles. The van der Waals surface area contributed by atoms with Crippen LogP contribution in [-0.2, 0) is 4.74 Å². The summed E-state index contributed by atoms with van der Waals surface area (Å²) in [4.78, 5) is 12.1. The predicted octanol–water partition coefficient (Wildman–Crippen LogP) is 7.81. The minimum absolute atomic E-state index is 0.0746. The zero-order valence-corrected chi connectivity index (χ0v) is 18.0. The van der Waals surface area contributed by atoms with Gasteiger partial charge in [0.1, 0.15) is 5.82 Å². The molecule has 0 atom stereocenters. The summed E-state index contributed by atoms with van der Waals surface area (Å²) in [6, 6.07) is 5.13. The van der Waals surface area contributed by atoms with Crippen LogP contribution in [0.15, 0.2) is 18.2 Å². The van der Waals surface area contributed by atoms with Gasteiger partial charge in [-0.2, -0.15) is 0 Å². The van der Waals surface area contributed by atoms with Crippen molar-refractivity contribution >= 4 is 5.97 Å². The molecule has 0 amide bonds. The van der Waals surface area contributed by atoms with Crippen LogP contribution >= 0.6 is 0 Å². The second-order valence-corrected chi connectivity index (χ2v) is 8.50. The van der Waals surface area contributed by atoms with Crippen molar-refractivity contribution in [3.63, 3.8) is 0 Å². The van der Waals surface area contributed by atoms with E-state index in [1.165, 1.54) is 51.4 Å². The molecule has 0 bridgehead atoms. The molecule has 0 aromatic heterocycles. The standard InChI is InChI=1S/C25H39FO2/c1-3-5-7-8-10-18-28-25(27)23-17-16-22(19-24(23)26)21-14-12-20(13-15-21)11-9-6-4-2/h16-17,19-21H,3-15,18H2,1-2H3. The van der Waals surface area contributed by atoms with Gasteiger partial charge in [0.2, 0.25) is 0 Å². The molecule has 0 unspecified atom stereocenters. The molecule has 0 radical (unpaired) electrons. The average molecular weight is 391 g/mol. The Morgan fingerprint density at radius 3 is 2.32 bits per heavy atom. The molecular formula is C25H39FO2. The van der Waals surface area contributed by atoms with E-state index in [4.69, 9.17) is 4.74 Å². The Balaban J connectivity index is 1.78. The molecule has 1 fully saturated rings. The number of ether oxygens (including phenoxy) is 1. The van der Waals surface area contributed by atoms with E-state index in [0.29, 0.717) is 12.5 Å². The third-order valence-corrected chi connectivity index (χ3v) is 6.23. The first-order valence-corrected chi connectivity index (χ1v) is 11.6. The molecule has 158 valence electrons. The summed E-state index contributed by atoms with van der Waals surface area (Å²) in [5, 5.41) is 0. The van der Waals surface area contributed by atoms with E-state index in [-0.39, 0.29) is 5.56 Å². The Hall–Kier alpha value is -1.38. The number of carbonyl (C=O) groups is 1. The van der Waals surface area contributed by atoms with E-state index in [0.717, 1.165) is 43.6 Å². The van der Waals surface area contributed by atoms with Crippen LogP contribution in [-0.4, -0.2) is 12.6 Å². The number of esters is 1. The fraction of sp³-hybridized carbons (Fsp3) is 0.720. The van der Waals surface area contributed by atoms with Crippen molar-refractivity contribution in [3.8, 4) is 0 Å². The molecule has 0 N–H and O–H groups in total. The number of hydrogen-bond acceptors (Lipinski definition) is 2. The average Bonchev–Trinajstić information content (AvgIpc) is 2.71. The summed E-state index contributed by atoms with van der Waals surface area (Å²) in [5.74, 6) is 0.317. The van der Waals surface area contributed by atoms with Crippen LogP contribution in [0.5, 0.6) is 0 Å². The van der Waals surface area contributed by atoms with Gasteiger partial charge < -0.3 is 4.74 Å². The molecule has 2 nitrogen and oxygen atoms in total. The van der Waals surface area contributed by atoms with E-state index >= 15 is 0 Å². The van der Waals surface area contributed by atoms with E-state index in [1.54, 1.807) is 12.1 Å².